The van der Waals surface area contributed by atoms with Crippen LogP contribution in [0.4, 0.5) is 0 Å². The highest BCUT2D eigenvalue weighted by molar-refractivity contribution is 5.72. The minimum absolute atomic E-state index is 0.00119. The number of carbonyl (C=O) groups is 1. The highest BCUT2D eigenvalue weighted by atomic mass is 16.4. The topological polar surface area (TPSA) is 58.4 Å². The summed E-state index contributed by atoms with van der Waals surface area (Å²) in [7, 11) is 1.87. The van der Waals surface area contributed by atoms with Gasteiger partial charge in [-0.2, -0.15) is 5.10 Å². The number of rotatable bonds is 4. The van der Waals surface area contributed by atoms with E-state index in [-0.39, 0.29) is 11.8 Å². The van der Waals surface area contributed by atoms with Crippen molar-refractivity contribution in [3.63, 3.8) is 0 Å². The van der Waals surface area contributed by atoms with E-state index in [9.17, 15) is 9.90 Å². The van der Waals surface area contributed by atoms with E-state index in [4.69, 9.17) is 0 Å². The summed E-state index contributed by atoms with van der Waals surface area (Å²) in [6.45, 7) is 2.13. The van der Waals surface area contributed by atoms with E-state index in [1.54, 1.807) is 10.9 Å². The van der Waals surface area contributed by atoms with Crippen LogP contribution < -0.4 is 0 Å². The Balaban J connectivity index is 1.78. The van der Waals surface area contributed by atoms with Gasteiger partial charge >= 0.3 is 5.97 Å². The first-order valence-corrected chi connectivity index (χ1v) is 7.12. The molecule has 0 radical (unpaired) electrons. The molecule has 0 unspecified atom stereocenters. The van der Waals surface area contributed by atoms with Crippen LogP contribution in [0.15, 0.2) is 42.6 Å². The Hall–Kier alpha value is -2.14. The fraction of sp³-hybridized carbons (Fsp3) is 0.375. The first-order chi connectivity index (χ1) is 10.1. The van der Waals surface area contributed by atoms with E-state index in [1.807, 2.05) is 31.3 Å². The first kappa shape index (κ1) is 13.8. The van der Waals surface area contributed by atoms with Crippen LogP contribution in [-0.4, -0.2) is 38.8 Å². The van der Waals surface area contributed by atoms with Crippen molar-refractivity contribution in [3.05, 3.63) is 53.9 Å². The minimum Gasteiger partial charge on any atom is -0.481 e. The zero-order chi connectivity index (χ0) is 14.8. The first-order valence-electron chi connectivity index (χ1n) is 7.12. The van der Waals surface area contributed by atoms with Gasteiger partial charge in [-0.05, 0) is 11.6 Å². The number of carboxylic acids is 1. The van der Waals surface area contributed by atoms with Crippen LogP contribution in [0.3, 0.4) is 0 Å². The van der Waals surface area contributed by atoms with E-state index in [1.165, 1.54) is 5.56 Å². The molecule has 21 heavy (non-hydrogen) atoms. The Morgan fingerprint density at radius 2 is 2.05 bits per heavy atom. The van der Waals surface area contributed by atoms with E-state index in [2.05, 4.69) is 22.1 Å². The van der Waals surface area contributed by atoms with Crippen LogP contribution in [-0.2, 0) is 18.4 Å². The number of aromatic nitrogens is 2. The Labute approximate surface area is 123 Å². The Bertz CT molecular complexity index is 623. The largest absolute Gasteiger partial charge is 0.481 e. The van der Waals surface area contributed by atoms with E-state index in [0.717, 1.165) is 18.8 Å². The third-order valence-electron chi connectivity index (χ3n) is 4.20. The van der Waals surface area contributed by atoms with Crippen LogP contribution in [0.2, 0.25) is 0 Å². The summed E-state index contributed by atoms with van der Waals surface area (Å²) in [5.74, 6) is -1.10. The van der Waals surface area contributed by atoms with Crippen molar-refractivity contribution in [1.29, 1.82) is 0 Å². The maximum absolute atomic E-state index is 11.6. The lowest BCUT2D eigenvalue weighted by Gasteiger charge is -2.16. The molecule has 2 aromatic rings. The number of hydrogen-bond donors (Lipinski definition) is 1. The molecular formula is C16H19N3O2. The number of likely N-dealkylation sites (tertiary alicyclic amines) is 1. The minimum atomic E-state index is -0.725. The van der Waals surface area contributed by atoms with Gasteiger partial charge in [0.25, 0.3) is 0 Å². The second-order valence-corrected chi connectivity index (χ2v) is 5.61. The second kappa shape index (κ2) is 5.69. The van der Waals surface area contributed by atoms with Gasteiger partial charge in [0.15, 0.2) is 0 Å². The van der Waals surface area contributed by atoms with Gasteiger partial charge in [0.1, 0.15) is 0 Å². The predicted molar refractivity (Wildman–Crippen MR) is 78.8 cm³/mol. The molecule has 5 heteroatoms. The monoisotopic (exact) mass is 285 g/mol. The number of carboxylic acid groups (broad SMARTS) is 1. The summed E-state index contributed by atoms with van der Waals surface area (Å²) >= 11 is 0. The van der Waals surface area contributed by atoms with Gasteiger partial charge in [-0.25, -0.2) is 0 Å². The van der Waals surface area contributed by atoms with Gasteiger partial charge in [-0.15, -0.1) is 0 Å². The highest BCUT2D eigenvalue weighted by Gasteiger charge is 2.39. The maximum atomic E-state index is 11.6. The van der Waals surface area contributed by atoms with Crippen molar-refractivity contribution in [2.75, 3.05) is 13.1 Å². The van der Waals surface area contributed by atoms with Gasteiger partial charge in [0, 0.05) is 44.5 Å². The molecule has 1 aliphatic rings. The van der Waals surface area contributed by atoms with Crippen LogP contribution in [0.25, 0.3) is 0 Å². The fourth-order valence-corrected chi connectivity index (χ4v) is 3.15. The molecule has 0 bridgehead atoms. The van der Waals surface area contributed by atoms with E-state index >= 15 is 0 Å². The number of benzene rings is 1. The van der Waals surface area contributed by atoms with Gasteiger partial charge in [-0.1, -0.05) is 30.3 Å². The zero-order valence-electron chi connectivity index (χ0n) is 12.0. The molecule has 1 saturated heterocycles. The van der Waals surface area contributed by atoms with Gasteiger partial charge < -0.3 is 5.11 Å². The second-order valence-electron chi connectivity index (χ2n) is 5.61. The molecule has 2 heterocycles. The predicted octanol–water partition coefficient (Wildman–Crippen LogP) is 1.72. The van der Waals surface area contributed by atoms with Crippen LogP contribution >= 0.6 is 0 Å². The van der Waals surface area contributed by atoms with Crippen molar-refractivity contribution in [3.8, 4) is 0 Å². The smallest absolute Gasteiger partial charge is 0.308 e. The standard InChI is InChI=1S/C16H19N3O2/c1-18-15(7-8-17-18)13-10-19(11-14(13)16(20)21)9-12-5-3-2-4-6-12/h2-8,13-14H,9-11H2,1H3,(H,20,21)/t13-,14-/m1/s1. The van der Waals surface area contributed by atoms with Crippen LogP contribution in [0.1, 0.15) is 17.2 Å². The van der Waals surface area contributed by atoms with E-state index < -0.39 is 5.97 Å². The molecule has 0 spiro atoms. The average molecular weight is 285 g/mol. The molecule has 1 aliphatic heterocycles. The molecule has 0 saturated carbocycles. The average Bonchev–Trinajstić information content (AvgIpc) is 3.06. The molecule has 1 fully saturated rings. The summed E-state index contributed by atoms with van der Waals surface area (Å²) in [5, 5.41) is 13.7. The van der Waals surface area contributed by atoms with Crippen molar-refractivity contribution < 1.29 is 9.90 Å². The molecule has 0 amide bonds. The SMILES string of the molecule is Cn1nccc1[C@@H]1CN(Cc2ccccc2)C[C@H]1C(=O)O. The van der Waals surface area contributed by atoms with Crippen molar-refractivity contribution in [1.82, 2.24) is 14.7 Å². The third-order valence-corrected chi connectivity index (χ3v) is 4.20. The van der Waals surface area contributed by atoms with Crippen molar-refractivity contribution in [2.24, 2.45) is 13.0 Å². The molecule has 0 aliphatic carbocycles. The van der Waals surface area contributed by atoms with Crippen LogP contribution in [0, 0.1) is 5.92 Å². The summed E-state index contributed by atoms with van der Waals surface area (Å²) in [5.41, 5.74) is 2.21. The molecule has 1 N–H and O–H groups in total. The van der Waals surface area contributed by atoms with Crippen molar-refractivity contribution >= 4 is 5.97 Å². The quantitative estimate of drug-likeness (QED) is 0.929. The lowest BCUT2D eigenvalue weighted by molar-refractivity contribution is -0.141. The highest BCUT2D eigenvalue weighted by Crippen LogP contribution is 2.33. The third kappa shape index (κ3) is 2.83. The Kier molecular flexibility index (Phi) is 3.75. The molecule has 110 valence electrons. The Morgan fingerprint density at radius 3 is 2.67 bits per heavy atom. The van der Waals surface area contributed by atoms with Gasteiger partial charge in [0.05, 0.1) is 5.92 Å². The normalized spacial score (nSPS) is 22.5. The number of hydrogen-bond acceptors (Lipinski definition) is 3. The number of nitrogens with zero attached hydrogens (tertiary/aromatic N) is 3. The summed E-state index contributed by atoms with van der Waals surface area (Å²) in [6.07, 6.45) is 1.73. The lowest BCUT2D eigenvalue weighted by atomic mass is 9.93. The summed E-state index contributed by atoms with van der Waals surface area (Å²) in [6, 6.07) is 12.1. The number of aliphatic carboxylic acids is 1. The number of aryl methyl sites for hydroxylation is 1. The molecule has 5 nitrogen and oxygen atoms in total. The molecule has 1 aromatic heterocycles. The summed E-state index contributed by atoms with van der Waals surface area (Å²) < 4.78 is 1.78. The summed E-state index contributed by atoms with van der Waals surface area (Å²) in [4.78, 5) is 13.8. The van der Waals surface area contributed by atoms with Crippen molar-refractivity contribution in [2.45, 2.75) is 12.5 Å². The molecular weight excluding hydrogens is 266 g/mol. The maximum Gasteiger partial charge on any atom is 0.308 e. The Morgan fingerprint density at radius 1 is 1.29 bits per heavy atom. The molecule has 2 atom stereocenters. The van der Waals surface area contributed by atoms with Crippen LogP contribution in [0.5, 0.6) is 0 Å². The fourth-order valence-electron chi connectivity index (χ4n) is 3.15. The molecule has 3 rings (SSSR count). The van der Waals surface area contributed by atoms with Gasteiger partial charge in [0.2, 0.25) is 0 Å². The van der Waals surface area contributed by atoms with Gasteiger partial charge in [-0.3, -0.25) is 14.4 Å². The lowest BCUT2D eigenvalue weighted by Crippen LogP contribution is -2.23. The van der Waals surface area contributed by atoms with E-state index in [0.29, 0.717) is 6.54 Å². The molecule has 1 aromatic carbocycles. The zero-order valence-corrected chi connectivity index (χ0v) is 12.0.